The summed E-state index contributed by atoms with van der Waals surface area (Å²) in [6, 6.07) is 12.3. The van der Waals surface area contributed by atoms with Gasteiger partial charge >= 0.3 is 0 Å². The van der Waals surface area contributed by atoms with E-state index in [1.165, 1.54) is 13.5 Å². The first-order chi connectivity index (χ1) is 16.3. The molecular formula is C26H28ClN3O4. The van der Waals surface area contributed by atoms with Crippen molar-refractivity contribution in [3.05, 3.63) is 64.3 Å². The van der Waals surface area contributed by atoms with Crippen LogP contribution in [0.15, 0.2) is 53.2 Å². The fourth-order valence-electron chi connectivity index (χ4n) is 4.48. The predicted octanol–water partition coefficient (Wildman–Crippen LogP) is 4.84. The normalized spacial score (nSPS) is 16.8. The Morgan fingerprint density at radius 2 is 1.74 bits per heavy atom. The summed E-state index contributed by atoms with van der Waals surface area (Å²) in [5.74, 6) is -0.835. The van der Waals surface area contributed by atoms with E-state index in [2.05, 4.69) is 5.32 Å². The van der Waals surface area contributed by atoms with Crippen molar-refractivity contribution < 1.29 is 19.1 Å². The molecule has 1 N–H and O–H groups in total. The fourth-order valence-corrected chi connectivity index (χ4v) is 4.70. The van der Waals surface area contributed by atoms with Gasteiger partial charge in [0.05, 0.1) is 12.8 Å². The van der Waals surface area contributed by atoms with Crippen molar-refractivity contribution in [1.29, 1.82) is 0 Å². The number of nitrogens with one attached hydrogen (secondary N) is 1. The number of aryl methyl sites for hydroxylation is 1. The maximum atomic E-state index is 13.1. The highest BCUT2D eigenvalue weighted by Crippen LogP contribution is 2.36. The summed E-state index contributed by atoms with van der Waals surface area (Å²) >= 11 is 6.27. The van der Waals surface area contributed by atoms with Crippen LogP contribution < -0.4 is 15.0 Å². The molecule has 1 heterocycles. The first-order valence-corrected chi connectivity index (χ1v) is 11.8. The minimum atomic E-state index is -0.626. The van der Waals surface area contributed by atoms with Gasteiger partial charge in [0.1, 0.15) is 16.5 Å². The Hall–Kier alpha value is -3.32. The van der Waals surface area contributed by atoms with E-state index >= 15 is 0 Å². The monoisotopic (exact) mass is 481 g/mol. The van der Waals surface area contributed by atoms with Gasteiger partial charge in [-0.1, -0.05) is 36.9 Å². The number of hydrogen-bond acceptors (Lipinski definition) is 5. The second-order valence-corrected chi connectivity index (χ2v) is 9.10. The van der Waals surface area contributed by atoms with Crippen LogP contribution in [-0.2, 0) is 9.59 Å². The number of imide groups is 1. The zero-order valence-corrected chi connectivity index (χ0v) is 20.3. The number of halogens is 1. The minimum Gasteiger partial charge on any atom is -0.495 e. The van der Waals surface area contributed by atoms with Gasteiger partial charge in [-0.2, -0.15) is 0 Å². The first-order valence-electron chi connectivity index (χ1n) is 11.4. The molecule has 2 aromatic carbocycles. The number of amides is 3. The van der Waals surface area contributed by atoms with Crippen molar-refractivity contribution in [3.8, 4) is 5.75 Å². The quantitative estimate of drug-likeness (QED) is 0.597. The van der Waals surface area contributed by atoms with Gasteiger partial charge in [0.25, 0.3) is 17.7 Å². The summed E-state index contributed by atoms with van der Waals surface area (Å²) in [5, 5.41) is 2.75. The molecule has 0 atom stereocenters. The van der Waals surface area contributed by atoms with Crippen molar-refractivity contribution in [2.45, 2.75) is 45.1 Å². The lowest BCUT2D eigenvalue weighted by Crippen LogP contribution is -2.38. The predicted molar refractivity (Wildman–Crippen MR) is 132 cm³/mol. The van der Waals surface area contributed by atoms with Gasteiger partial charge in [-0.05, 0) is 61.7 Å². The Balaban J connectivity index is 1.50. The van der Waals surface area contributed by atoms with Crippen LogP contribution in [0, 0.1) is 6.92 Å². The molecule has 4 rings (SSSR count). The summed E-state index contributed by atoms with van der Waals surface area (Å²) in [6.45, 7) is 1.86. The molecule has 0 bridgehead atoms. The molecule has 1 aliphatic heterocycles. The van der Waals surface area contributed by atoms with E-state index in [4.69, 9.17) is 16.3 Å². The summed E-state index contributed by atoms with van der Waals surface area (Å²) in [7, 11) is 3.33. The number of anilines is 2. The lowest BCUT2D eigenvalue weighted by atomic mass is 9.94. The van der Waals surface area contributed by atoms with Gasteiger partial charge in [-0.25, -0.2) is 4.90 Å². The molecule has 8 heteroatoms. The lowest BCUT2D eigenvalue weighted by molar-refractivity contribution is -0.120. The van der Waals surface area contributed by atoms with Crippen molar-refractivity contribution in [2.24, 2.45) is 0 Å². The molecule has 1 aliphatic carbocycles. The van der Waals surface area contributed by atoms with E-state index in [1.54, 1.807) is 36.4 Å². The number of nitrogens with zero attached hydrogens (tertiary/aromatic N) is 2. The molecule has 178 valence electrons. The highest BCUT2D eigenvalue weighted by molar-refractivity contribution is 6.53. The third-order valence-electron chi connectivity index (χ3n) is 6.45. The average Bonchev–Trinajstić information content (AvgIpc) is 3.07. The Kier molecular flexibility index (Phi) is 6.93. The van der Waals surface area contributed by atoms with Crippen LogP contribution >= 0.6 is 11.6 Å². The first kappa shape index (κ1) is 23.8. The average molecular weight is 482 g/mol. The van der Waals surface area contributed by atoms with Crippen molar-refractivity contribution in [1.82, 2.24) is 4.90 Å². The molecule has 0 unspecified atom stereocenters. The zero-order valence-electron chi connectivity index (χ0n) is 19.6. The topological polar surface area (TPSA) is 79.0 Å². The highest BCUT2D eigenvalue weighted by Gasteiger charge is 2.40. The number of carbonyl (C=O) groups is 3. The summed E-state index contributed by atoms with van der Waals surface area (Å²) in [5.41, 5.74) is 2.29. The van der Waals surface area contributed by atoms with Gasteiger partial charge in [0.15, 0.2) is 0 Å². The smallest absolute Gasteiger partial charge is 0.283 e. The van der Waals surface area contributed by atoms with Gasteiger partial charge in [-0.15, -0.1) is 0 Å². The maximum Gasteiger partial charge on any atom is 0.283 e. The largest absolute Gasteiger partial charge is 0.495 e. The van der Waals surface area contributed by atoms with Crippen molar-refractivity contribution in [3.63, 3.8) is 0 Å². The molecule has 0 saturated heterocycles. The summed E-state index contributed by atoms with van der Waals surface area (Å²) in [4.78, 5) is 41.7. The Bertz CT molecular complexity index is 1150. The van der Waals surface area contributed by atoms with E-state index < -0.39 is 11.8 Å². The molecule has 7 nitrogen and oxygen atoms in total. The Morgan fingerprint density at radius 3 is 2.38 bits per heavy atom. The maximum absolute atomic E-state index is 13.1. The van der Waals surface area contributed by atoms with Crippen LogP contribution in [-0.4, -0.2) is 42.8 Å². The molecule has 2 aliphatic rings. The third-order valence-corrected chi connectivity index (χ3v) is 6.80. The van der Waals surface area contributed by atoms with Gasteiger partial charge in [0, 0.05) is 24.3 Å². The number of carbonyl (C=O) groups excluding carboxylic acids is 3. The number of benzene rings is 2. The van der Waals surface area contributed by atoms with E-state index in [0.717, 1.165) is 36.1 Å². The molecule has 34 heavy (non-hydrogen) atoms. The van der Waals surface area contributed by atoms with Crippen LogP contribution in [0.3, 0.4) is 0 Å². The van der Waals surface area contributed by atoms with Gasteiger partial charge in [0.2, 0.25) is 0 Å². The molecule has 1 saturated carbocycles. The zero-order chi connectivity index (χ0) is 24.4. The fraction of sp³-hybridized carbons (Fsp3) is 0.346. The SMILES string of the molecule is COc1ccc(C)cc1N1C(=O)C(Cl)=C(Nc2ccc(C(=O)N(C)C3CCCCC3)cc2)C1=O. The Labute approximate surface area is 204 Å². The van der Waals surface area contributed by atoms with Gasteiger partial charge < -0.3 is 15.0 Å². The summed E-state index contributed by atoms with van der Waals surface area (Å²) in [6.07, 6.45) is 5.60. The van der Waals surface area contributed by atoms with Crippen molar-refractivity contribution >= 4 is 40.7 Å². The van der Waals surface area contributed by atoms with E-state index in [0.29, 0.717) is 22.7 Å². The summed E-state index contributed by atoms with van der Waals surface area (Å²) < 4.78 is 5.33. The second-order valence-electron chi connectivity index (χ2n) is 8.72. The highest BCUT2D eigenvalue weighted by atomic mass is 35.5. The number of hydrogen-bond donors (Lipinski definition) is 1. The molecule has 2 aromatic rings. The van der Waals surface area contributed by atoms with Crippen molar-refractivity contribution in [2.75, 3.05) is 24.4 Å². The minimum absolute atomic E-state index is 0.0198. The van der Waals surface area contributed by atoms with Crippen LogP contribution in [0.2, 0.25) is 0 Å². The molecule has 0 spiro atoms. The number of ether oxygens (including phenoxy) is 1. The number of methoxy groups -OCH3 is 1. The molecule has 0 aromatic heterocycles. The third kappa shape index (κ3) is 4.53. The van der Waals surface area contributed by atoms with Crippen LogP contribution in [0.5, 0.6) is 5.75 Å². The number of rotatable bonds is 6. The van der Waals surface area contributed by atoms with E-state index in [1.807, 2.05) is 24.9 Å². The van der Waals surface area contributed by atoms with E-state index in [-0.39, 0.29) is 22.7 Å². The molecule has 3 amide bonds. The van der Waals surface area contributed by atoms with Gasteiger partial charge in [-0.3, -0.25) is 14.4 Å². The molecule has 0 radical (unpaired) electrons. The Morgan fingerprint density at radius 1 is 1.06 bits per heavy atom. The lowest BCUT2D eigenvalue weighted by Gasteiger charge is -2.31. The second kappa shape index (κ2) is 9.89. The standard InChI is InChI=1S/C26H28ClN3O4/c1-16-9-14-21(34-3)20(15-16)30-25(32)22(27)23(26(30)33)28-18-12-10-17(11-13-18)24(31)29(2)19-7-5-4-6-8-19/h9-15,19,28H,4-8H2,1-3H3. The molecular weight excluding hydrogens is 454 g/mol. The molecule has 1 fully saturated rings. The van der Waals surface area contributed by atoms with Crippen LogP contribution in [0.25, 0.3) is 0 Å². The van der Waals surface area contributed by atoms with Crippen LogP contribution in [0.1, 0.15) is 48.0 Å². The van der Waals surface area contributed by atoms with Crippen LogP contribution in [0.4, 0.5) is 11.4 Å². The van der Waals surface area contributed by atoms with E-state index in [9.17, 15) is 14.4 Å².